The Kier molecular flexibility index (Phi) is 5.07. The number of rotatable bonds is 6. The Bertz CT molecular complexity index is 512. The first-order valence-electron chi connectivity index (χ1n) is 6.30. The zero-order valence-electron chi connectivity index (χ0n) is 11.7. The van der Waals surface area contributed by atoms with Crippen LogP contribution in [0.1, 0.15) is 37.0 Å². The summed E-state index contributed by atoms with van der Waals surface area (Å²) in [5, 5.41) is 11.7. The molecule has 6 heteroatoms. The largest absolute Gasteiger partial charge is 0.496 e. The van der Waals surface area contributed by atoms with Gasteiger partial charge < -0.3 is 15.2 Å². The molecule has 0 unspecified atom stereocenters. The van der Waals surface area contributed by atoms with Crippen molar-refractivity contribution in [3.05, 3.63) is 29.6 Å². The third-order valence-electron chi connectivity index (χ3n) is 3.39. The maximum Gasteiger partial charge on any atom is 0.329 e. The minimum absolute atomic E-state index is 0.0639. The van der Waals surface area contributed by atoms with E-state index >= 15 is 0 Å². The van der Waals surface area contributed by atoms with E-state index in [9.17, 15) is 19.1 Å². The summed E-state index contributed by atoms with van der Waals surface area (Å²) in [5.41, 5.74) is -1.70. The van der Waals surface area contributed by atoms with E-state index in [4.69, 9.17) is 4.74 Å². The summed E-state index contributed by atoms with van der Waals surface area (Å²) in [7, 11) is 1.32. The molecule has 0 radical (unpaired) electrons. The van der Waals surface area contributed by atoms with Gasteiger partial charge in [-0.2, -0.15) is 0 Å². The first-order valence-corrected chi connectivity index (χ1v) is 6.30. The van der Waals surface area contributed by atoms with Crippen LogP contribution in [0.15, 0.2) is 18.2 Å². The van der Waals surface area contributed by atoms with Gasteiger partial charge >= 0.3 is 5.97 Å². The number of hydrogen-bond donors (Lipinski definition) is 2. The number of carbonyl (C=O) groups is 2. The number of aliphatic carboxylic acids is 1. The van der Waals surface area contributed by atoms with Gasteiger partial charge in [0.15, 0.2) is 0 Å². The average Bonchev–Trinajstić information content (AvgIpc) is 2.43. The van der Waals surface area contributed by atoms with Crippen molar-refractivity contribution in [3.63, 3.8) is 0 Å². The molecule has 20 heavy (non-hydrogen) atoms. The number of hydrogen-bond acceptors (Lipinski definition) is 3. The van der Waals surface area contributed by atoms with E-state index in [1.54, 1.807) is 13.8 Å². The molecule has 0 bridgehead atoms. The van der Waals surface area contributed by atoms with Crippen molar-refractivity contribution >= 4 is 11.9 Å². The molecule has 1 aromatic carbocycles. The van der Waals surface area contributed by atoms with Crippen LogP contribution in [0.4, 0.5) is 4.39 Å². The maximum atomic E-state index is 13.8. The van der Waals surface area contributed by atoms with Gasteiger partial charge in [-0.25, -0.2) is 9.18 Å². The summed E-state index contributed by atoms with van der Waals surface area (Å²) < 4.78 is 18.7. The van der Waals surface area contributed by atoms with E-state index in [1.807, 2.05) is 0 Å². The number of halogens is 1. The molecular formula is C14H18FNO4. The first-order chi connectivity index (χ1) is 9.41. The van der Waals surface area contributed by atoms with Crippen LogP contribution in [0, 0.1) is 5.82 Å². The highest BCUT2D eigenvalue weighted by molar-refractivity contribution is 6.00. The fourth-order valence-electron chi connectivity index (χ4n) is 1.96. The van der Waals surface area contributed by atoms with Crippen LogP contribution in [0.5, 0.6) is 5.75 Å². The van der Waals surface area contributed by atoms with Crippen LogP contribution in [0.25, 0.3) is 0 Å². The van der Waals surface area contributed by atoms with Gasteiger partial charge in [-0.15, -0.1) is 0 Å². The number of carboxylic acids is 1. The van der Waals surface area contributed by atoms with E-state index in [0.29, 0.717) is 0 Å². The lowest BCUT2D eigenvalue weighted by molar-refractivity contribution is -0.144. The van der Waals surface area contributed by atoms with Gasteiger partial charge in [-0.3, -0.25) is 4.79 Å². The second-order valence-electron chi connectivity index (χ2n) is 4.37. The normalized spacial score (nSPS) is 11.0. The highest BCUT2D eigenvalue weighted by atomic mass is 19.1. The third kappa shape index (κ3) is 2.89. The summed E-state index contributed by atoms with van der Waals surface area (Å²) in [6.45, 7) is 3.30. The van der Waals surface area contributed by atoms with Crippen molar-refractivity contribution in [2.45, 2.75) is 32.2 Å². The molecule has 2 N–H and O–H groups in total. The molecule has 0 heterocycles. The minimum Gasteiger partial charge on any atom is -0.496 e. The molecule has 110 valence electrons. The van der Waals surface area contributed by atoms with Crippen molar-refractivity contribution in [3.8, 4) is 5.75 Å². The minimum atomic E-state index is -1.41. The van der Waals surface area contributed by atoms with Crippen LogP contribution in [0.2, 0.25) is 0 Å². The van der Waals surface area contributed by atoms with Gasteiger partial charge in [0.25, 0.3) is 5.91 Å². The van der Waals surface area contributed by atoms with Crippen molar-refractivity contribution in [1.29, 1.82) is 0 Å². The zero-order valence-corrected chi connectivity index (χ0v) is 11.7. The lowest BCUT2D eigenvalue weighted by Gasteiger charge is -2.28. The lowest BCUT2D eigenvalue weighted by atomic mass is 9.92. The van der Waals surface area contributed by atoms with E-state index in [1.165, 1.54) is 19.2 Å². The summed E-state index contributed by atoms with van der Waals surface area (Å²) in [6.07, 6.45) is 0.392. The average molecular weight is 283 g/mol. The summed E-state index contributed by atoms with van der Waals surface area (Å²) in [5.74, 6) is -2.64. The fraction of sp³-hybridized carbons (Fsp3) is 0.429. The SMILES string of the molecule is CCC(CC)(NC(=O)c1c(F)cccc1OC)C(=O)O. The smallest absolute Gasteiger partial charge is 0.329 e. The number of benzene rings is 1. The molecule has 0 atom stereocenters. The number of carbonyl (C=O) groups excluding carboxylic acids is 1. The Morgan fingerprint density at radius 3 is 2.40 bits per heavy atom. The lowest BCUT2D eigenvalue weighted by Crippen LogP contribution is -2.53. The number of methoxy groups -OCH3 is 1. The van der Waals surface area contributed by atoms with Gasteiger partial charge in [0, 0.05) is 0 Å². The van der Waals surface area contributed by atoms with Gasteiger partial charge in [-0.1, -0.05) is 19.9 Å². The second kappa shape index (κ2) is 6.36. The molecule has 5 nitrogen and oxygen atoms in total. The highest BCUT2D eigenvalue weighted by Gasteiger charge is 2.37. The Morgan fingerprint density at radius 2 is 1.95 bits per heavy atom. The monoisotopic (exact) mass is 283 g/mol. The first kappa shape index (κ1) is 15.9. The Balaban J connectivity index is 3.17. The van der Waals surface area contributed by atoms with E-state index in [2.05, 4.69) is 5.32 Å². The predicted octanol–water partition coefficient (Wildman–Crippen LogP) is 2.21. The second-order valence-corrected chi connectivity index (χ2v) is 4.37. The van der Waals surface area contributed by atoms with Crippen LogP contribution >= 0.6 is 0 Å². The van der Waals surface area contributed by atoms with Gasteiger partial charge in [0.05, 0.1) is 7.11 Å². The Labute approximate surface area is 116 Å². The molecule has 0 aromatic heterocycles. The van der Waals surface area contributed by atoms with Gasteiger partial charge in [0.1, 0.15) is 22.7 Å². The van der Waals surface area contributed by atoms with Crippen LogP contribution in [-0.4, -0.2) is 29.6 Å². The van der Waals surface area contributed by atoms with Crippen molar-refractivity contribution in [2.75, 3.05) is 7.11 Å². The molecule has 0 aliphatic carbocycles. The molecule has 0 aliphatic rings. The van der Waals surface area contributed by atoms with Crippen LogP contribution < -0.4 is 10.1 Å². The third-order valence-corrected chi connectivity index (χ3v) is 3.39. The van der Waals surface area contributed by atoms with Gasteiger partial charge in [0.2, 0.25) is 0 Å². The van der Waals surface area contributed by atoms with E-state index in [-0.39, 0.29) is 24.2 Å². The summed E-state index contributed by atoms with van der Waals surface area (Å²) in [6, 6.07) is 3.98. The van der Waals surface area contributed by atoms with Gasteiger partial charge in [-0.05, 0) is 25.0 Å². The quantitative estimate of drug-likeness (QED) is 0.839. The van der Waals surface area contributed by atoms with Crippen LogP contribution in [0.3, 0.4) is 0 Å². The molecule has 1 rings (SSSR count). The number of nitrogens with one attached hydrogen (secondary N) is 1. The molecule has 0 aliphatic heterocycles. The van der Waals surface area contributed by atoms with Crippen LogP contribution in [-0.2, 0) is 4.79 Å². The van der Waals surface area contributed by atoms with E-state index < -0.39 is 23.2 Å². The molecule has 1 amide bonds. The number of carboxylic acid groups (broad SMARTS) is 1. The maximum absolute atomic E-state index is 13.8. The fourth-order valence-corrected chi connectivity index (χ4v) is 1.96. The van der Waals surface area contributed by atoms with Crippen molar-refractivity contribution < 1.29 is 23.8 Å². The highest BCUT2D eigenvalue weighted by Crippen LogP contribution is 2.23. The molecule has 1 aromatic rings. The Hall–Kier alpha value is -2.11. The molecule has 0 spiro atoms. The van der Waals surface area contributed by atoms with E-state index in [0.717, 1.165) is 6.07 Å². The summed E-state index contributed by atoms with van der Waals surface area (Å²) >= 11 is 0. The Morgan fingerprint density at radius 1 is 1.35 bits per heavy atom. The molecule has 0 saturated heterocycles. The predicted molar refractivity (Wildman–Crippen MR) is 71.4 cm³/mol. The zero-order chi connectivity index (χ0) is 15.3. The molecule has 0 saturated carbocycles. The van der Waals surface area contributed by atoms with Crippen molar-refractivity contribution in [2.24, 2.45) is 0 Å². The van der Waals surface area contributed by atoms with Crippen molar-refractivity contribution in [1.82, 2.24) is 5.32 Å². The molecule has 0 fully saturated rings. The number of ether oxygens (including phenoxy) is 1. The molecular weight excluding hydrogens is 265 g/mol. The standard InChI is InChI=1S/C14H18FNO4/c1-4-14(5-2,13(18)19)16-12(17)11-9(15)7-6-8-10(11)20-3/h6-8H,4-5H2,1-3H3,(H,16,17)(H,18,19). The number of amides is 1. The summed E-state index contributed by atoms with van der Waals surface area (Å²) in [4.78, 5) is 23.5. The topological polar surface area (TPSA) is 75.6 Å².